The Hall–Kier alpha value is -2.85. The molecule has 0 saturated heterocycles. The Balaban J connectivity index is 1.35. The number of rotatable bonds is 10. The molecule has 0 aliphatic heterocycles. The Kier molecular flexibility index (Phi) is 8.46. The topological polar surface area (TPSA) is 81.9 Å². The van der Waals surface area contributed by atoms with E-state index in [1.165, 1.54) is 23.1 Å². The van der Waals surface area contributed by atoms with E-state index in [1.807, 2.05) is 41.1 Å². The van der Waals surface area contributed by atoms with Crippen LogP contribution in [0.2, 0.25) is 10.0 Å². The zero-order valence-electron chi connectivity index (χ0n) is 18.7. The van der Waals surface area contributed by atoms with Crippen molar-refractivity contribution in [1.82, 2.24) is 19.7 Å². The van der Waals surface area contributed by atoms with E-state index >= 15 is 0 Å². The van der Waals surface area contributed by atoms with Crippen molar-refractivity contribution < 1.29 is 9.53 Å². The molecule has 180 valence electrons. The molecule has 2 aromatic heterocycles. The lowest BCUT2D eigenvalue weighted by atomic mass is 10.2. The molecule has 0 spiro atoms. The lowest BCUT2D eigenvalue weighted by Crippen LogP contribution is -2.15. The predicted molar refractivity (Wildman–Crippen MR) is 143 cm³/mol. The number of allylic oxidation sites excluding steroid dienone is 1. The molecule has 1 N–H and O–H groups in total. The fraction of sp³-hybridized carbons (Fsp3) is 0.167. The van der Waals surface area contributed by atoms with Crippen LogP contribution in [-0.2, 0) is 17.9 Å². The molecule has 0 unspecified atom stereocenters. The van der Waals surface area contributed by atoms with Crippen molar-refractivity contribution in [3.63, 3.8) is 0 Å². The average Bonchev–Trinajstić information content (AvgIpc) is 3.45. The summed E-state index contributed by atoms with van der Waals surface area (Å²) in [5.41, 5.74) is 2.64. The smallest absolute Gasteiger partial charge is 0.236 e. The van der Waals surface area contributed by atoms with Crippen molar-refractivity contribution in [2.24, 2.45) is 0 Å². The van der Waals surface area contributed by atoms with E-state index in [0.717, 1.165) is 22.6 Å². The van der Waals surface area contributed by atoms with Crippen LogP contribution >= 0.6 is 46.3 Å². The average molecular weight is 547 g/mol. The fourth-order valence-corrected chi connectivity index (χ4v) is 4.99. The molecule has 35 heavy (non-hydrogen) atoms. The van der Waals surface area contributed by atoms with Crippen LogP contribution in [0.5, 0.6) is 5.75 Å². The van der Waals surface area contributed by atoms with Crippen molar-refractivity contribution in [2.45, 2.75) is 25.2 Å². The summed E-state index contributed by atoms with van der Waals surface area (Å²) in [6.07, 6.45) is 1.75. The number of carbonyl (C=O) groups is 1. The Bertz CT molecular complexity index is 1340. The van der Waals surface area contributed by atoms with Gasteiger partial charge in [0.25, 0.3) is 0 Å². The number of aryl methyl sites for hydroxylation is 1. The third kappa shape index (κ3) is 6.64. The zero-order valence-corrected chi connectivity index (χ0v) is 21.8. The van der Waals surface area contributed by atoms with Crippen molar-refractivity contribution in [3.8, 4) is 17.0 Å². The van der Waals surface area contributed by atoms with Crippen LogP contribution in [0.3, 0.4) is 0 Å². The number of thioether (sulfide) groups is 1. The second-order valence-electron chi connectivity index (χ2n) is 7.38. The molecular weight excluding hydrogens is 525 g/mol. The van der Waals surface area contributed by atoms with Gasteiger partial charge in [-0.15, -0.1) is 28.1 Å². The van der Waals surface area contributed by atoms with Gasteiger partial charge in [-0.2, -0.15) is 0 Å². The largest absolute Gasteiger partial charge is 0.485 e. The first-order valence-corrected chi connectivity index (χ1v) is 13.1. The van der Waals surface area contributed by atoms with Crippen LogP contribution in [0.25, 0.3) is 11.3 Å². The number of amides is 1. The first kappa shape index (κ1) is 25.2. The van der Waals surface area contributed by atoms with Gasteiger partial charge in [0.15, 0.2) is 16.1 Å². The summed E-state index contributed by atoms with van der Waals surface area (Å²) >= 11 is 14.6. The molecule has 0 atom stereocenters. The highest BCUT2D eigenvalue weighted by molar-refractivity contribution is 7.99. The highest BCUT2D eigenvalue weighted by atomic mass is 35.5. The Labute approximate surface area is 221 Å². The molecular formula is C24H21Cl2N5O2S2. The SMILES string of the molecule is C=CCn1c(COc2ccc(Cl)cc2C)nnc1SCC(=O)Nc1nc(-c2ccc(Cl)cc2)cs1. The number of anilines is 1. The maximum absolute atomic E-state index is 12.5. The molecule has 7 nitrogen and oxygen atoms in total. The second-order valence-corrected chi connectivity index (χ2v) is 10.1. The molecule has 1 amide bonds. The number of carbonyl (C=O) groups excluding carboxylic acids is 1. The molecule has 0 saturated carbocycles. The number of hydrogen-bond donors (Lipinski definition) is 1. The van der Waals surface area contributed by atoms with Crippen LogP contribution < -0.4 is 10.1 Å². The Morgan fingerprint density at radius 3 is 2.71 bits per heavy atom. The second kappa shape index (κ2) is 11.7. The van der Waals surface area contributed by atoms with Gasteiger partial charge in [-0.3, -0.25) is 9.36 Å². The van der Waals surface area contributed by atoms with E-state index in [2.05, 4.69) is 27.1 Å². The zero-order chi connectivity index (χ0) is 24.8. The van der Waals surface area contributed by atoms with E-state index in [4.69, 9.17) is 27.9 Å². The number of halogens is 2. The minimum absolute atomic E-state index is 0.155. The van der Waals surface area contributed by atoms with Gasteiger partial charge in [0, 0.05) is 27.5 Å². The van der Waals surface area contributed by atoms with Gasteiger partial charge in [-0.05, 0) is 42.8 Å². The van der Waals surface area contributed by atoms with Gasteiger partial charge in [0.2, 0.25) is 5.91 Å². The predicted octanol–water partition coefficient (Wildman–Crippen LogP) is 6.51. The van der Waals surface area contributed by atoms with Gasteiger partial charge in [0.1, 0.15) is 12.4 Å². The maximum Gasteiger partial charge on any atom is 0.236 e. The summed E-state index contributed by atoms with van der Waals surface area (Å²) < 4.78 is 7.78. The van der Waals surface area contributed by atoms with Crippen LogP contribution in [0.4, 0.5) is 5.13 Å². The van der Waals surface area contributed by atoms with E-state index in [0.29, 0.717) is 32.7 Å². The molecule has 2 aromatic carbocycles. The van der Waals surface area contributed by atoms with Crippen LogP contribution in [-0.4, -0.2) is 31.4 Å². The number of nitrogens with zero attached hydrogens (tertiary/aromatic N) is 4. The molecule has 4 aromatic rings. The van der Waals surface area contributed by atoms with Crippen molar-refractivity contribution in [2.75, 3.05) is 11.1 Å². The minimum atomic E-state index is -0.185. The molecule has 4 rings (SSSR count). The standard InChI is InChI=1S/C24H21Cl2N5O2S2/c1-3-10-31-21(12-33-20-9-8-18(26)11-15(20)2)29-30-24(31)35-14-22(32)28-23-27-19(13-34-23)16-4-6-17(25)7-5-16/h3-9,11,13H,1,10,12,14H2,2H3,(H,27,28,32). The van der Waals surface area contributed by atoms with E-state index < -0.39 is 0 Å². The van der Waals surface area contributed by atoms with Gasteiger partial charge >= 0.3 is 0 Å². The third-order valence-electron chi connectivity index (χ3n) is 4.82. The number of nitrogens with one attached hydrogen (secondary N) is 1. The monoisotopic (exact) mass is 545 g/mol. The van der Waals surface area contributed by atoms with Gasteiger partial charge in [0.05, 0.1) is 11.4 Å². The summed E-state index contributed by atoms with van der Waals surface area (Å²) in [7, 11) is 0. The maximum atomic E-state index is 12.5. The van der Waals surface area contributed by atoms with Crippen LogP contribution in [0, 0.1) is 6.92 Å². The molecule has 0 aliphatic carbocycles. The fourth-order valence-electron chi connectivity index (χ4n) is 3.13. The van der Waals surface area contributed by atoms with Crippen LogP contribution in [0.1, 0.15) is 11.4 Å². The number of thiazole rings is 1. The van der Waals surface area contributed by atoms with Crippen LogP contribution in [0.15, 0.2) is 65.7 Å². The van der Waals surface area contributed by atoms with Crippen molar-refractivity contribution in [1.29, 1.82) is 0 Å². The summed E-state index contributed by atoms with van der Waals surface area (Å²) in [5, 5.41) is 15.7. The molecule has 2 heterocycles. The van der Waals surface area contributed by atoms with Gasteiger partial charge in [-0.25, -0.2) is 4.98 Å². The lowest BCUT2D eigenvalue weighted by molar-refractivity contribution is -0.113. The summed E-state index contributed by atoms with van der Waals surface area (Å²) in [4.78, 5) is 17.0. The van der Waals surface area contributed by atoms with Gasteiger partial charge in [-0.1, -0.05) is 53.2 Å². The third-order valence-corrected chi connectivity index (χ3v) is 7.03. The first-order chi connectivity index (χ1) is 16.9. The van der Waals surface area contributed by atoms with E-state index in [1.54, 1.807) is 24.3 Å². The normalized spacial score (nSPS) is 10.8. The van der Waals surface area contributed by atoms with Crippen molar-refractivity contribution >= 4 is 57.3 Å². The van der Waals surface area contributed by atoms with E-state index in [-0.39, 0.29) is 18.3 Å². The minimum Gasteiger partial charge on any atom is -0.485 e. The number of benzene rings is 2. The van der Waals surface area contributed by atoms with Gasteiger partial charge < -0.3 is 10.1 Å². The molecule has 11 heteroatoms. The molecule has 0 bridgehead atoms. The number of hydrogen-bond acceptors (Lipinski definition) is 7. The number of ether oxygens (including phenoxy) is 1. The molecule has 0 radical (unpaired) electrons. The highest BCUT2D eigenvalue weighted by Crippen LogP contribution is 2.27. The highest BCUT2D eigenvalue weighted by Gasteiger charge is 2.15. The van der Waals surface area contributed by atoms with Crippen molar-refractivity contribution in [3.05, 3.63) is 81.9 Å². The summed E-state index contributed by atoms with van der Waals surface area (Å²) in [6, 6.07) is 12.8. The summed E-state index contributed by atoms with van der Waals surface area (Å²) in [5.74, 6) is 1.32. The van der Waals surface area contributed by atoms with E-state index in [9.17, 15) is 4.79 Å². The number of aromatic nitrogens is 4. The Morgan fingerprint density at radius 1 is 1.20 bits per heavy atom. The Morgan fingerprint density at radius 2 is 1.97 bits per heavy atom. The summed E-state index contributed by atoms with van der Waals surface area (Å²) in [6.45, 7) is 6.45. The quantitative estimate of drug-likeness (QED) is 0.180. The molecule has 0 aliphatic rings. The molecule has 0 fully saturated rings. The first-order valence-electron chi connectivity index (χ1n) is 10.5. The lowest BCUT2D eigenvalue weighted by Gasteiger charge is -2.11.